The van der Waals surface area contributed by atoms with Crippen LogP contribution in [-0.2, 0) is 15.8 Å². The Kier molecular flexibility index (Phi) is 6.07. The van der Waals surface area contributed by atoms with Crippen LogP contribution in [0.1, 0.15) is 15.9 Å². The van der Waals surface area contributed by atoms with Crippen LogP contribution in [0.25, 0.3) is 0 Å². The lowest BCUT2D eigenvalue weighted by Crippen LogP contribution is -2.47. The molecule has 28 heavy (non-hydrogen) atoms. The molecule has 2 aromatic carbocycles. The number of benzene rings is 2. The van der Waals surface area contributed by atoms with Gasteiger partial charge in [-0.2, -0.15) is 4.31 Å². The average Bonchev–Trinajstić information content (AvgIpc) is 2.65. The van der Waals surface area contributed by atoms with Gasteiger partial charge >= 0.3 is 0 Å². The highest BCUT2D eigenvalue weighted by molar-refractivity contribution is 7.88. The number of likely N-dealkylation sites (N-methyl/N-ethyl adjacent to an activating group) is 1. The first-order valence-corrected chi connectivity index (χ1v) is 10.4. The standard InChI is InChI=1S/C19H21F2N3O3S/c1-23-8-10-24(11-9-23)28(26,27)13-14-2-4-15(5-3-14)19(25)22-16-6-7-17(20)18(21)12-16/h2-7,12H,8-11,13H2,1H3,(H,22,25). The number of carbonyl (C=O) groups excluding carboxylic acids is 1. The van der Waals surface area contributed by atoms with Crippen molar-refractivity contribution in [2.24, 2.45) is 0 Å². The smallest absolute Gasteiger partial charge is 0.255 e. The van der Waals surface area contributed by atoms with E-state index in [1.165, 1.54) is 22.5 Å². The molecule has 0 aromatic heterocycles. The molecular formula is C19H21F2N3O3S. The number of halogens is 2. The SMILES string of the molecule is CN1CCN(S(=O)(=O)Cc2ccc(C(=O)Nc3ccc(F)c(F)c3)cc2)CC1. The minimum atomic E-state index is -3.42. The number of anilines is 1. The summed E-state index contributed by atoms with van der Waals surface area (Å²) >= 11 is 0. The van der Waals surface area contributed by atoms with E-state index in [0.29, 0.717) is 31.7 Å². The Labute approximate surface area is 162 Å². The molecule has 0 atom stereocenters. The molecule has 0 bridgehead atoms. The second-order valence-electron chi connectivity index (χ2n) is 6.74. The van der Waals surface area contributed by atoms with Crippen LogP contribution in [0, 0.1) is 11.6 Å². The van der Waals surface area contributed by atoms with Gasteiger partial charge in [0, 0.05) is 43.5 Å². The van der Waals surface area contributed by atoms with Crippen molar-refractivity contribution in [3.8, 4) is 0 Å². The fourth-order valence-corrected chi connectivity index (χ4v) is 4.41. The van der Waals surface area contributed by atoms with Crippen LogP contribution in [0.3, 0.4) is 0 Å². The van der Waals surface area contributed by atoms with Gasteiger partial charge in [0.05, 0.1) is 5.75 Å². The third-order valence-corrected chi connectivity index (χ3v) is 6.45. The second kappa shape index (κ2) is 8.34. The van der Waals surface area contributed by atoms with Crippen LogP contribution in [0.5, 0.6) is 0 Å². The lowest BCUT2D eigenvalue weighted by molar-refractivity contribution is 0.102. The molecule has 9 heteroatoms. The van der Waals surface area contributed by atoms with Gasteiger partial charge in [-0.25, -0.2) is 17.2 Å². The third kappa shape index (κ3) is 4.92. The number of hydrogen-bond donors (Lipinski definition) is 1. The van der Waals surface area contributed by atoms with E-state index in [0.717, 1.165) is 12.1 Å². The Morgan fingerprint density at radius 1 is 1.00 bits per heavy atom. The van der Waals surface area contributed by atoms with Gasteiger partial charge in [0.25, 0.3) is 5.91 Å². The summed E-state index contributed by atoms with van der Waals surface area (Å²) < 4.78 is 52.7. The van der Waals surface area contributed by atoms with Crippen LogP contribution in [-0.4, -0.2) is 56.8 Å². The van der Waals surface area contributed by atoms with Crippen molar-refractivity contribution in [3.05, 3.63) is 65.2 Å². The molecule has 3 rings (SSSR count). The molecule has 1 heterocycles. The first kappa shape index (κ1) is 20.4. The molecule has 0 saturated carbocycles. The number of piperazine rings is 1. The monoisotopic (exact) mass is 409 g/mol. The van der Waals surface area contributed by atoms with Crippen LogP contribution < -0.4 is 5.32 Å². The largest absolute Gasteiger partial charge is 0.322 e. The molecule has 1 N–H and O–H groups in total. The predicted molar refractivity (Wildman–Crippen MR) is 102 cm³/mol. The first-order chi connectivity index (χ1) is 13.2. The van der Waals surface area contributed by atoms with Gasteiger partial charge in [0.1, 0.15) is 0 Å². The zero-order chi connectivity index (χ0) is 20.3. The molecule has 1 saturated heterocycles. The number of sulfonamides is 1. The molecular weight excluding hydrogens is 388 g/mol. The zero-order valence-corrected chi connectivity index (χ0v) is 16.2. The summed E-state index contributed by atoms with van der Waals surface area (Å²) in [6.07, 6.45) is 0. The molecule has 150 valence electrons. The molecule has 1 fully saturated rings. The predicted octanol–water partition coefficient (Wildman–Crippen LogP) is 2.29. The second-order valence-corrected chi connectivity index (χ2v) is 8.71. The minimum absolute atomic E-state index is 0.130. The highest BCUT2D eigenvalue weighted by Gasteiger charge is 2.25. The van der Waals surface area contributed by atoms with Gasteiger partial charge in [0.2, 0.25) is 10.0 Å². The van der Waals surface area contributed by atoms with Crippen molar-refractivity contribution in [1.29, 1.82) is 0 Å². The van der Waals surface area contributed by atoms with Crippen molar-refractivity contribution in [2.45, 2.75) is 5.75 Å². The number of carbonyl (C=O) groups is 1. The van der Waals surface area contributed by atoms with Gasteiger partial charge < -0.3 is 10.2 Å². The molecule has 1 amide bonds. The summed E-state index contributed by atoms with van der Waals surface area (Å²) in [4.78, 5) is 14.3. The lowest BCUT2D eigenvalue weighted by atomic mass is 10.1. The van der Waals surface area contributed by atoms with Crippen molar-refractivity contribution >= 4 is 21.6 Å². The topological polar surface area (TPSA) is 69.7 Å². The Morgan fingerprint density at radius 3 is 2.25 bits per heavy atom. The Hall–Kier alpha value is -2.36. The summed E-state index contributed by atoms with van der Waals surface area (Å²) in [5.74, 6) is -2.69. The van der Waals surface area contributed by atoms with Crippen LogP contribution in [0.4, 0.5) is 14.5 Å². The molecule has 6 nitrogen and oxygen atoms in total. The Bertz CT molecular complexity index is 957. The molecule has 0 radical (unpaired) electrons. The molecule has 0 unspecified atom stereocenters. The maximum atomic E-state index is 13.2. The minimum Gasteiger partial charge on any atom is -0.322 e. The average molecular weight is 409 g/mol. The van der Waals surface area contributed by atoms with E-state index in [-0.39, 0.29) is 17.0 Å². The normalized spacial score (nSPS) is 16.1. The van der Waals surface area contributed by atoms with E-state index in [2.05, 4.69) is 10.2 Å². The molecule has 1 aliphatic rings. The van der Waals surface area contributed by atoms with Gasteiger partial charge in [-0.05, 0) is 36.9 Å². The van der Waals surface area contributed by atoms with E-state index in [1.54, 1.807) is 12.1 Å². The fourth-order valence-electron chi connectivity index (χ4n) is 2.90. The van der Waals surface area contributed by atoms with Crippen molar-refractivity contribution in [1.82, 2.24) is 9.21 Å². The summed E-state index contributed by atoms with van der Waals surface area (Å²) in [6.45, 7) is 2.33. The fraction of sp³-hybridized carbons (Fsp3) is 0.316. The van der Waals surface area contributed by atoms with Crippen molar-refractivity contribution in [2.75, 3.05) is 38.5 Å². The van der Waals surface area contributed by atoms with E-state index in [1.807, 2.05) is 7.05 Å². The maximum Gasteiger partial charge on any atom is 0.255 e. The van der Waals surface area contributed by atoms with Gasteiger partial charge in [-0.3, -0.25) is 4.79 Å². The quantitative estimate of drug-likeness (QED) is 0.823. The van der Waals surface area contributed by atoms with E-state index in [9.17, 15) is 22.0 Å². The van der Waals surface area contributed by atoms with Gasteiger partial charge in [0.15, 0.2) is 11.6 Å². The Balaban J connectivity index is 1.64. The van der Waals surface area contributed by atoms with Gasteiger partial charge in [-0.1, -0.05) is 12.1 Å². The Morgan fingerprint density at radius 2 is 1.64 bits per heavy atom. The van der Waals surface area contributed by atoms with E-state index < -0.39 is 27.6 Å². The number of nitrogens with one attached hydrogen (secondary N) is 1. The highest BCUT2D eigenvalue weighted by Crippen LogP contribution is 2.17. The number of rotatable bonds is 5. The van der Waals surface area contributed by atoms with Crippen LogP contribution >= 0.6 is 0 Å². The third-order valence-electron chi connectivity index (χ3n) is 4.60. The molecule has 0 spiro atoms. The summed E-state index contributed by atoms with van der Waals surface area (Å²) in [6, 6.07) is 9.24. The summed E-state index contributed by atoms with van der Waals surface area (Å²) in [5, 5.41) is 2.47. The molecule has 1 aliphatic heterocycles. The van der Waals surface area contributed by atoms with Crippen LogP contribution in [0.15, 0.2) is 42.5 Å². The van der Waals surface area contributed by atoms with E-state index >= 15 is 0 Å². The van der Waals surface area contributed by atoms with Gasteiger partial charge in [-0.15, -0.1) is 0 Å². The number of nitrogens with zero attached hydrogens (tertiary/aromatic N) is 2. The number of hydrogen-bond acceptors (Lipinski definition) is 4. The highest BCUT2D eigenvalue weighted by atomic mass is 32.2. The number of amides is 1. The summed E-state index contributed by atoms with van der Waals surface area (Å²) in [5.41, 5.74) is 0.986. The van der Waals surface area contributed by atoms with Crippen molar-refractivity contribution in [3.63, 3.8) is 0 Å². The zero-order valence-electron chi connectivity index (χ0n) is 15.4. The maximum absolute atomic E-state index is 13.2. The summed E-state index contributed by atoms with van der Waals surface area (Å²) in [7, 11) is -1.47. The van der Waals surface area contributed by atoms with Crippen molar-refractivity contribution < 1.29 is 22.0 Å². The molecule has 2 aromatic rings. The lowest BCUT2D eigenvalue weighted by Gasteiger charge is -2.31. The van der Waals surface area contributed by atoms with E-state index in [4.69, 9.17) is 0 Å². The molecule has 0 aliphatic carbocycles. The first-order valence-electron chi connectivity index (χ1n) is 8.76. The van der Waals surface area contributed by atoms with Crippen LogP contribution in [0.2, 0.25) is 0 Å².